The molecule has 5 heteroatoms. The molecule has 5 aromatic carbocycles. The molecule has 0 saturated heterocycles. The molecule has 0 aliphatic carbocycles. The first-order valence-electron chi connectivity index (χ1n) is 15.3. The molecule has 0 fully saturated rings. The van der Waals surface area contributed by atoms with Gasteiger partial charge in [0.2, 0.25) is 0 Å². The van der Waals surface area contributed by atoms with Crippen molar-refractivity contribution in [3.05, 3.63) is 184 Å². The minimum absolute atomic E-state index is 0.0103. The smallest absolute Gasteiger partial charge is 0.259 e. The fraction of sp³-hybridized carbons (Fsp3) is 0.100. The molecule has 0 aliphatic rings. The van der Waals surface area contributed by atoms with Gasteiger partial charge in [-0.15, -0.1) is 0 Å². The van der Waals surface area contributed by atoms with Crippen LogP contribution in [0.5, 0.6) is 0 Å². The van der Waals surface area contributed by atoms with E-state index in [2.05, 4.69) is 138 Å². The molecule has 218 valence electrons. The number of para-hydroxylation sites is 1. The summed E-state index contributed by atoms with van der Waals surface area (Å²) in [5.41, 5.74) is 6.75. The Kier molecular flexibility index (Phi) is 6.27. The quantitative estimate of drug-likeness (QED) is 0.186. The number of pyridine rings is 1. The summed E-state index contributed by atoms with van der Waals surface area (Å²) in [5.74, 6) is 0. The standard InChI is InChI=1S/C40H32N4O/c1-28-34(26-43-25-24-29-22-23-36-38(37(29)39(43)45)33-20-12-13-21-35(33)42(36)2)41-27-44(28)40(30-14-6-3-7-15-30,31-16-8-4-9-17-31)32-18-10-5-11-19-32/h3-25,27H,26H2,1-2H3. The van der Waals surface area contributed by atoms with Gasteiger partial charge in [-0.25, -0.2) is 4.98 Å². The van der Waals surface area contributed by atoms with Crippen molar-refractivity contribution in [1.29, 1.82) is 0 Å². The Labute approximate surface area is 261 Å². The SMILES string of the molecule is Cc1c(Cn2ccc3ccc4c(c5ccccc5n4C)c3c2=O)ncn1C(c1ccccc1)(c1ccccc1)c1ccccc1. The molecule has 3 aromatic heterocycles. The summed E-state index contributed by atoms with van der Waals surface area (Å²) >= 11 is 0. The number of aryl methyl sites for hydroxylation is 1. The first kappa shape index (κ1) is 26.9. The highest BCUT2D eigenvalue weighted by molar-refractivity contribution is 6.20. The zero-order chi connectivity index (χ0) is 30.5. The number of aromatic nitrogens is 4. The van der Waals surface area contributed by atoms with Crippen LogP contribution in [-0.4, -0.2) is 18.7 Å². The van der Waals surface area contributed by atoms with Gasteiger partial charge < -0.3 is 13.7 Å². The van der Waals surface area contributed by atoms with E-state index >= 15 is 0 Å². The van der Waals surface area contributed by atoms with Crippen molar-refractivity contribution in [3.8, 4) is 0 Å². The lowest BCUT2D eigenvalue weighted by atomic mass is 9.76. The van der Waals surface area contributed by atoms with E-state index in [0.29, 0.717) is 6.54 Å². The normalized spacial score (nSPS) is 12.0. The number of benzene rings is 5. The van der Waals surface area contributed by atoms with Crippen LogP contribution in [0.4, 0.5) is 0 Å². The van der Waals surface area contributed by atoms with Crippen molar-refractivity contribution >= 4 is 32.6 Å². The van der Waals surface area contributed by atoms with E-state index in [9.17, 15) is 4.79 Å². The Bertz CT molecular complexity index is 2290. The second-order valence-electron chi connectivity index (χ2n) is 11.7. The molecule has 0 radical (unpaired) electrons. The predicted molar refractivity (Wildman–Crippen MR) is 183 cm³/mol. The third-order valence-electron chi connectivity index (χ3n) is 9.38. The number of fused-ring (bicyclic) bond motifs is 5. The third kappa shape index (κ3) is 4.01. The van der Waals surface area contributed by atoms with Gasteiger partial charge in [0.15, 0.2) is 0 Å². The van der Waals surface area contributed by atoms with Gasteiger partial charge in [-0.3, -0.25) is 4.79 Å². The molecule has 0 atom stereocenters. The van der Waals surface area contributed by atoms with Crippen molar-refractivity contribution in [2.24, 2.45) is 7.05 Å². The molecule has 8 aromatic rings. The van der Waals surface area contributed by atoms with E-state index in [-0.39, 0.29) is 5.56 Å². The molecule has 0 unspecified atom stereocenters. The average molecular weight is 585 g/mol. The predicted octanol–water partition coefficient (Wildman–Crippen LogP) is 8.04. The van der Waals surface area contributed by atoms with Gasteiger partial charge in [-0.1, -0.05) is 115 Å². The number of imidazole rings is 1. The lowest BCUT2D eigenvalue weighted by molar-refractivity contribution is 0.502. The largest absolute Gasteiger partial charge is 0.344 e. The Morgan fingerprint density at radius 3 is 1.84 bits per heavy atom. The molecule has 8 rings (SSSR count). The number of nitrogens with zero attached hydrogens (tertiary/aromatic N) is 4. The van der Waals surface area contributed by atoms with Crippen LogP contribution in [0.1, 0.15) is 28.1 Å². The van der Waals surface area contributed by atoms with Gasteiger partial charge in [0.1, 0.15) is 5.54 Å². The van der Waals surface area contributed by atoms with Gasteiger partial charge in [-0.05, 0) is 47.2 Å². The number of hydrogen-bond acceptors (Lipinski definition) is 2. The molecular weight excluding hydrogens is 552 g/mol. The van der Waals surface area contributed by atoms with Crippen molar-refractivity contribution in [2.45, 2.75) is 19.0 Å². The Balaban J connectivity index is 1.33. The van der Waals surface area contributed by atoms with E-state index < -0.39 is 5.54 Å². The first-order chi connectivity index (χ1) is 22.1. The van der Waals surface area contributed by atoms with Gasteiger partial charge >= 0.3 is 0 Å². The maximum Gasteiger partial charge on any atom is 0.259 e. The summed E-state index contributed by atoms with van der Waals surface area (Å²) in [7, 11) is 2.06. The highest BCUT2D eigenvalue weighted by Crippen LogP contribution is 2.42. The maximum atomic E-state index is 14.3. The van der Waals surface area contributed by atoms with Gasteiger partial charge in [0, 0.05) is 40.7 Å². The zero-order valence-corrected chi connectivity index (χ0v) is 25.3. The number of hydrogen-bond donors (Lipinski definition) is 0. The molecule has 5 nitrogen and oxygen atoms in total. The van der Waals surface area contributed by atoms with Crippen LogP contribution < -0.4 is 5.56 Å². The van der Waals surface area contributed by atoms with Crippen molar-refractivity contribution < 1.29 is 0 Å². The van der Waals surface area contributed by atoms with E-state index in [1.807, 2.05) is 30.7 Å². The molecule has 0 amide bonds. The summed E-state index contributed by atoms with van der Waals surface area (Å²) in [4.78, 5) is 19.3. The molecule has 0 saturated carbocycles. The van der Waals surface area contributed by atoms with Crippen molar-refractivity contribution in [3.63, 3.8) is 0 Å². The van der Waals surface area contributed by atoms with E-state index in [4.69, 9.17) is 4.98 Å². The molecule has 45 heavy (non-hydrogen) atoms. The van der Waals surface area contributed by atoms with E-state index in [0.717, 1.165) is 60.7 Å². The lowest BCUT2D eigenvalue weighted by Crippen LogP contribution is -2.38. The van der Waals surface area contributed by atoms with Crippen LogP contribution in [0.2, 0.25) is 0 Å². The highest BCUT2D eigenvalue weighted by Gasteiger charge is 2.39. The minimum Gasteiger partial charge on any atom is -0.344 e. The Morgan fingerprint density at radius 2 is 1.22 bits per heavy atom. The monoisotopic (exact) mass is 584 g/mol. The van der Waals surface area contributed by atoms with Crippen LogP contribution in [0.3, 0.4) is 0 Å². The van der Waals surface area contributed by atoms with Gasteiger partial charge in [0.05, 0.1) is 24.0 Å². The Hall–Kier alpha value is -5.68. The van der Waals surface area contributed by atoms with Crippen LogP contribution in [0.15, 0.2) is 151 Å². The van der Waals surface area contributed by atoms with Gasteiger partial charge in [-0.2, -0.15) is 0 Å². The first-order valence-corrected chi connectivity index (χ1v) is 15.3. The van der Waals surface area contributed by atoms with Gasteiger partial charge in [0.25, 0.3) is 5.56 Å². The molecule has 0 aliphatic heterocycles. The van der Waals surface area contributed by atoms with E-state index in [1.54, 1.807) is 4.57 Å². The molecule has 3 heterocycles. The fourth-order valence-corrected chi connectivity index (χ4v) is 7.20. The van der Waals surface area contributed by atoms with Crippen LogP contribution in [-0.2, 0) is 19.1 Å². The molecule has 0 bridgehead atoms. The summed E-state index contributed by atoms with van der Waals surface area (Å²) < 4.78 is 6.25. The Morgan fingerprint density at radius 1 is 0.644 bits per heavy atom. The average Bonchev–Trinajstić information content (AvgIpc) is 3.60. The zero-order valence-electron chi connectivity index (χ0n) is 25.3. The minimum atomic E-state index is -0.664. The van der Waals surface area contributed by atoms with Crippen LogP contribution >= 0.6 is 0 Å². The van der Waals surface area contributed by atoms with Crippen LogP contribution in [0, 0.1) is 6.92 Å². The fourth-order valence-electron chi connectivity index (χ4n) is 7.20. The maximum absolute atomic E-state index is 14.3. The summed E-state index contributed by atoms with van der Waals surface area (Å²) in [6.45, 7) is 2.48. The number of rotatable bonds is 6. The summed E-state index contributed by atoms with van der Waals surface area (Å²) in [6.07, 6.45) is 3.84. The molecular formula is C40H32N4O. The third-order valence-corrected chi connectivity index (χ3v) is 9.38. The van der Waals surface area contributed by atoms with Crippen molar-refractivity contribution in [1.82, 2.24) is 18.7 Å². The van der Waals surface area contributed by atoms with Crippen LogP contribution in [0.25, 0.3) is 32.6 Å². The van der Waals surface area contributed by atoms with E-state index in [1.165, 1.54) is 0 Å². The summed E-state index contributed by atoms with van der Waals surface area (Å²) in [6, 6.07) is 46.3. The topological polar surface area (TPSA) is 44.8 Å². The molecule has 0 spiro atoms. The molecule has 0 N–H and O–H groups in total. The summed E-state index contributed by atoms with van der Waals surface area (Å²) in [5, 5.41) is 3.78. The highest BCUT2D eigenvalue weighted by atomic mass is 16.1. The lowest BCUT2D eigenvalue weighted by Gasteiger charge is -2.38. The second-order valence-corrected chi connectivity index (χ2v) is 11.7. The van der Waals surface area contributed by atoms with Crippen molar-refractivity contribution in [2.75, 3.05) is 0 Å². The second kappa shape index (κ2) is 10.5.